The molecule has 0 saturated carbocycles. The molecule has 0 fully saturated rings. The Bertz CT molecular complexity index is 2320. The van der Waals surface area contributed by atoms with Crippen LogP contribution in [0.2, 0.25) is 10.0 Å². The van der Waals surface area contributed by atoms with Crippen LogP contribution in [0, 0.1) is 0 Å². The molecule has 3 aromatic carbocycles. The number of nitrogen functional groups attached to an aromatic ring is 1. The molecule has 2 amide bonds. The Balaban J connectivity index is 0.981. The Kier molecular flexibility index (Phi) is 13.4. The van der Waals surface area contributed by atoms with Crippen LogP contribution in [-0.2, 0) is 32.2 Å². The van der Waals surface area contributed by atoms with Gasteiger partial charge in [-0.15, -0.1) is 0 Å². The Hall–Kier alpha value is -6.45. The first-order valence-corrected chi connectivity index (χ1v) is 18.6. The third kappa shape index (κ3) is 10.7. The van der Waals surface area contributed by atoms with Gasteiger partial charge in [-0.1, -0.05) is 23.2 Å². The summed E-state index contributed by atoms with van der Waals surface area (Å²) in [7, 11) is 4.60. The Morgan fingerprint density at radius 1 is 0.702 bits per heavy atom. The van der Waals surface area contributed by atoms with Crippen LogP contribution in [0.25, 0.3) is 0 Å². The van der Waals surface area contributed by atoms with E-state index in [1.54, 1.807) is 85.3 Å². The minimum atomic E-state index is -0.271. The van der Waals surface area contributed by atoms with E-state index in [2.05, 4.69) is 46.3 Å². The third-order valence-corrected chi connectivity index (χ3v) is 9.74. The average Bonchev–Trinajstić information content (AvgIpc) is 3.68. The van der Waals surface area contributed by atoms with Crippen molar-refractivity contribution in [1.29, 1.82) is 0 Å². The van der Waals surface area contributed by atoms with E-state index < -0.39 is 0 Å². The predicted octanol–water partition coefficient (Wildman–Crippen LogP) is 6.22. The molecule has 17 heteroatoms. The van der Waals surface area contributed by atoms with Gasteiger partial charge in [-0.25, -0.2) is 19.9 Å². The highest BCUT2D eigenvalue weighted by Crippen LogP contribution is 2.32. The van der Waals surface area contributed by atoms with Crippen molar-refractivity contribution in [3.63, 3.8) is 0 Å². The number of nitrogens with one attached hydrogen (secondary N) is 4. The quantitative estimate of drug-likeness (QED) is 0.0654. The highest BCUT2D eigenvalue weighted by Gasteiger charge is 2.16. The second kappa shape index (κ2) is 18.9. The molecule has 0 atom stereocenters. The standard InChI is InChI=1S/C40H41Cl2N11O4/c1-44-37(54)28-14-26(35(41)33(16-28)56-2)6-4-25-20-48-40(49-21-25)52-32-22-50-53(23-32)13-12-45-38(55)29-15-27(36(42)34(17-29)57-3)7-5-24-18-46-39(47-19-24)51-31-10-8-30(43)9-11-31/h8-11,14-23H,4-7,12-13,43H2,1-3H3,(H,44,54)(H,45,55)(H,46,47,51)(H,48,49,52). The van der Waals surface area contributed by atoms with Gasteiger partial charge in [-0.3, -0.25) is 14.3 Å². The van der Waals surface area contributed by atoms with E-state index in [1.165, 1.54) is 14.2 Å². The van der Waals surface area contributed by atoms with E-state index in [-0.39, 0.29) is 11.8 Å². The first-order chi connectivity index (χ1) is 27.6. The second-order valence-electron chi connectivity index (χ2n) is 12.8. The van der Waals surface area contributed by atoms with Crippen LogP contribution in [0.5, 0.6) is 11.5 Å². The molecule has 6 aromatic rings. The molecule has 294 valence electrons. The van der Waals surface area contributed by atoms with Crippen molar-refractivity contribution < 1.29 is 19.1 Å². The third-order valence-electron chi connectivity index (χ3n) is 8.88. The number of nitrogens with two attached hydrogens (primary N) is 1. The van der Waals surface area contributed by atoms with Crippen LogP contribution in [0.3, 0.4) is 0 Å². The summed E-state index contributed by atoms with van der Waals surface area (Å²) in [5.74, 6) is 1.22. The van der Waals surface area contributed by atoms with Gasteiger partial charge in [0.05, 0.1) is 42.7 Å². The van der Waals surface area contributed by atoms with Crippen molar-refractivity contribution in [3.8, 4) is 11.5 Å². The average molecular weight is 811 g/mol. The summed E-state index contributed by atoms with van der Waals surface area (Å²) < 4.78 is 12.6. The van der Waals surface area contributed by atoms with Gasteiger partial charge in [0.15, 0.2) is 0 Å². The molecule has 0 radical (unpaired) electrons. The number of ether oxygens (including phenoxy) is 2. The molecular formula is C40H41Cl2N11O4. The Morgan fingerprint density at radius 3 is 1.72 bits per heavy atom. The molecule has 0 saturated heterocycles. The number of nitrogens with zero attached hydrogens (tertiary/aromatic N) is 6. The summed E-state index contributed by atoms with van der Waals surface area (Å²) >= 11 is 13.2. The number of methoxy groups -OCH3 is 2. The predicted molar refractivity (Wildman–Crippen MR) is 220 cm³/mol. The number of benzene rings is 3. The van der Waals surface area contributed by atoms with Gasteiger partial charge in [-0.2, -0.15) is 5.10 Å². The first-order valence-electron chi connectivity index (χ1n) is 17.9. The lowest BCUT2D eigenvalue weighted by Crippen LogP contribution is -2.27. The number of aryl methyl sites for hydroxylation is 4. The lowest BCUT2D eigenvalue weighted by atomic mass is 10.0. The number of hydrogen-bond acceptors (Lipinski definition) is 12. The number of carbonyl (C=O) groups excluding carboxylic acids is 2. The van der Waals surface area contributed by atoms with Crippen LogP contribution in [0.1, 0.15) is 43.0 Å². The van der Waals surface area contributed by atoms with Gasteiger partial charge in [0.1, 0.15) is 11.5 Å². The van der Waals surface area contributed by atoms with Gasteiger partial charge in [-0.05, 0) is 96.5 Å². The largest absolute Gasteiger partial charge is 0.495 e. The summed E-state index contributed by atoms with van der Waals surface area (Å²) in [4.78, 5) is 43.1. The Labute approximate surface area is 339 Å². The number of amides is 2. The zero-order chi connectivity index (χ0) is 40.3. The maximum Gasteiger partial charge on any atom is 0.251 e. The first kappa shape index (κ1) is 40.2. The maximum absolute atomic E-state index is 13.2. The fourth-order valence-electron chi connectivity index (χ4n) is 5.79. The zero-order valence-corrected chi connectivity index (χ0v) is 33.0. The molecule has 6 N–H and O–H groups in total. The van der Waals surface area contributed by atoms with E-state index in [1.807, 2.05) is 12.1 Å². The van der Waals surface area contributed by atoms with E-state index >= 15 is 0 Å². The van der Waals surface area contributed by atoms with Crippen molar-refractivity contribution in [2.75, 3.05) is 44.2 Å². The molecule has 3 heterocycles. The van der Waals surface area contributed by atoms with Crippen molar-refractivity contribution in [3.05, 3.63) is 129 Å². The lowest BCUT2D eigenvalue weighted by molar-refractivity contribution is 0.0947. The van der Waals surface area contributed by atoms with Gasteiger partial charge in [0.25, 0.3) is 11.8 Å². The molecule has 15 nitrogen and oxygen atoms in total. The topological polar surface area (TPSA) is 196 Å². The fourth-order valence-corrected chi connectivity index (χ4v) is 6.36. The van der Waals surface area contributed by atoms with Crippen molar-refractivity contribution in [2.24, 2.45) is 0 Å². The van der Waals surface area contributed by atoms with Crippen LogP contribution < -0.4 is 36.5 Å². The van der Waals surface area contributed by atoms with Gasteiger partial charge >= 0.3 is 0 Å². The highest BCUT2D eigenvalue weighted by molar-refractivity contribution is 6.33. The summed E-state index contributed by atoms with van der Waals surface area (Å²) in [5, 5.41) is 17.2. The molecule has 0 spiro atoms. The summed E-state index contributed by atoms with van der Waals surface area (Å²) in [5.41, 5.74) is 12.2. The SMILES string of the molecule is CNC(=O)c1cc(CCc2cnc(Nc3cnn(CCNC(=O)c4cc(CCc5cnc(Nc6ccc(N)cc6)nc5)c(Cl)c(OC)c4)c3)nc2)c(Cl)c(OC)c1. The number of anilines is 5. The normalized spacial score (nSPS) is 10.8. The number of hydrogen-bond donors (Lipinski definition) is 5. The summed E-state index contributed by atoms with van der Waals surface area (Å²) in [6.07, 6.45) is 12.7. The fraction of sp³-hybridized carbons (Fsp3) is 0.225. The van der Waals surface area contributed by atoms with Crippen LogP contribution >= 0.6 is 23.2 Å². The van der Waals surface area contributed by atoms with Gasteiger partial charge in [0.2, 0.25) is 11.9 Å². The number of halogens is 2. The van der Waals surface area contributed by atoms with Gasteiger partial charge in [0, 0.05) is 67.1 Å². The molecule has 6 rings (SSSR count). The molecule has 0 aliphatic carbocycles. The van der Waals surface area contributed by atoms with E-state index in [9.17, 15) is 9.59 Å². The smallest absolute Gasteiger partial charge is 0.251 e. The van der Waals surface area contributed by atoms with Crippen molar-refractivity contribution in [2.45, 2.75) is 32.2 Å². The van der Waals surface area contributed by atoms with Crippen LogP contribution in [-0.4, -0.2) is 69.3 Å². The number of carbonyl (C=O) groups is 2. The minimum absolute atomic E-state index is 0.224. The molecule has 57 heavy (non-hydrogen) atoms. The molecular weight excluding hydrogens is 769 g/mol. The van der Waals surface area contributed by atoms with E-state index in [0.717, 1.165) is 27.9 Å². The highest BCUT2D eigenvalue weighted by atomic mass is 35.5. The maximum atomic E-state index is 13.2. The molecule has 0 unspecified atom stereocenters. The van der Waals surface area contributed by atoms with Crippen molar-refractivity contribution in [1.82, 2.24) is 40.3 Å². The summed E-state index contributed by atoms with van der Waals surface area (Å²) in [6.45, 7) is 0.740. The Morgan fingerprint density at radius 2 is 1.21 bits per heavy atom. The van der Waals surface area contributed by atoms with E-state index in [0.29, 0.717) is 94.7 Å². The lowest BCUT2D eigenvalue weighted by Gasteiger charge is -2.13. The monoisotopic (exact) mass is 809 g/mol. The van der Waals surface area contributed by atoms with Crippen LogP contribution in [0.15, 0.2) is 85.7 Å². The number of rotatable bonds is 17. The minimum Gasteiger partial charge on any atom is -0.495 e. The van der Waals surface area contributed by atoms with Gasteiger partial charge < -0.3 is 36.5 Å². The summed E-state index contributed by atoms with van der Waals surface area (Å²) in [6, 6.07) is 14.1. The molecule has 0 bridgehead atoms. The molecule has 0 aliphatic rings. The zero-order valence-electron chi connectivity index (χ0n) is 31.5. The second-order valence-corrected chi connectivity index (χ2v) is 13.6. The molecule has 3 aromatic heterocycles. The molecule has 0 aliphatic heterocycles. The van der Waals surface area contributed by atoms with E-state index in [4.69, 9.17) is 38.4 Å². The van der Waals surface area contributed by atoms with Crippen molar-refractivity contribution >= 4 is 64.0 Å². The number of aromatic nitrogens is 6. The van der Waals surface area contributed by atoms with Crippen LogP contribution in [0.4, 0.5) is 29.0 Å².